The molecule has 2 nitrogen and oxygen atoms in total. The lowest BCUT2D eigenvalue weighted by atomic mass is 10.2. The van der Waals surface area contributed by atoms with Crippen molar-refractivity contribution in [3.63, 3.8) is 0 Å². The summed E-state index contributed by atoms with van der Waals surface area (Å²) < 4.78 is 5.04. The molecule has 0 aliphatic heterocycles. The first kappa shape index (κ1) is 10.5. The highest BCUT2D eigenvalue weighted by molar-refractivity contribution is 5.52. The first-order valence-corrected chi connectivity index (χ1v) is 4.45. The highest BCUT2D eigenvalue weighted by atomic mass is 16.5. The molecule has 14 heavy (non-hydrogen) atoms. The molecule has 0 fully saturated rings. The third-order valence-corrected chi connectivity index (χ3v) is 1.76. The summed E-state index contributed by atoms with van der Waals surface area (Å²) >= 11 is 0. The molecule has 0 aliphatic rings. The largest absolute Gasteiger partial charge is 0.497 e. The number of rotatable bonds is 4. The van der Waals surface area contributed by atoms with Crippen LogP contribution in [0.25, 0.3) is 6.08 Å². The van der Waals surface area contributed by atoms with Crippen molar-refractivity contribution < 1.29 is 9.84 Å². The molecule has 0 aliphatic carbocycles. The van der Waals surface area contributed by atoms with Crippen molar-refractivity contribution in [3.05, 3.63) is 48.1 Å². The van der Waals surface area contributed by atoms with E-state index in [0.29, 0.717) is 0 Å². The normalized spacial score (nSPS) is 11.3. The van der Waals surface area contributed by atoms with Crippen LogP contribution in [0.4, 0.5) is 0 Å². The number of aliphatic hydroxyl groups excluding tert-OH is 1. The van der Waals surface area contributed by atoms with Crippen LogP contribution in [-0.2, 0) is 0 Å². The number of ether oxygens (including phenoxy) is 1. The first-order chi connectivity index (χ1) is 6.86. The molecule has 1 aromatic rings. The minimum atomic E-state index is 0.0763. The molecule has 0 saturated heterocycles. The molecule has 0 heterocycles. The summed E-state index contributed by atoms with van der Waals surface area (Å²) in [5, 5.41) is 8.49. The van der Waals surface area contributed by atoms with Gasteiger partial charge in [0, 0.05) is 0 Å². The Bertz CT molecular complexity index is 310. The summed E-state index contributed by atoms with van der Waals surface area (Å²) in [6.45, 7) is 0.0763. The second-order valence-corrected chi connectivity index (χ2v) is 2.74. The molecule has 1 rings (SSSR count). The van der Waals surface area contributed by atoms with Crippen LogP contribution in [0.15, 0.2) is 42.5 Å². The maximum Gasteiger partial charge on any atom is 0.118 e. The van der Waals surface area contributed by atoms with Gasteiger partial charge in [-0.05, 0) is 17.7 Å². The van der Waals surface area contributed by atoms with Gasteiger partial charge in [0.15, 0.2) is 0 Å². The van der Waals surface area contributed by atoms with Crippen molar-refractivity contribution in [2.24, 2.45) is 0 Å². The summed E-state index contributed by atoms with van der Waals surface area (Å²) in [5.41, 5.74) is 1.10. The molecule has 0 aromatic heterocycles. The average molecular weight is 190 g/mol. The molecule has 0 radical (unpaired) electrons. The first-order valence-electron chi connectivity index (χ1n) is 4.45. The Labute approximate surface area is 84.1 Å². The van der Waals surface area contributed by atoms with Crippen LogP contribution in [0, 0.1) is 0 Å². The molecule has 0 saturated carbocycles. The Morgan fingerprint density at radius 1 is 1.21 bits per heavy atom. The van der Waals surface area contributed by atoms with E-state index < -0.39 is 0 Å². The van der Waals surface area contributed by atoms with Gasteiger partial charge in [-0.25, -0.2) is 0 Å². The molecule has 0 bridgehead atoms. The van der Waals surface area contributed by atoms with Crippen LogP contribution in [0.2, 0.25) is 0 Å². The van der Waals surface area contributed by atoms with Gasteiger partial charge in [-0.2, -0.15) is 0 Å². The predicted molar refractivity (Wildman–Crippen MR) is 58.3 cm³/mol. The number of hydrogen-bond donors (Lipinski definition) is 1. The smallest absolute Gasteiger partial charge is 0.118 e. The molecule has 2 heteroatoms. The van der Waals surface area contributed by atoms with Crippen LogP contribution in [0.3, 0.4) is 0 Å². The number of methoxy groups -OCH3 is 1. The Kier molecular flexibility index (Phi) is 4.51. The van der Waals surface area contributed by atoms with Gasteiger partial charge in [0.2, 0.25) is 0 Å². The van der Waals surface area contributed by atoms with E-state index in [9.17, 15) is 0 Å². The fourth-order valence-corrected chi connectivity index (χ4v) is 1.02. The van der Waals surface area contributed by atoms with E-state index in [2.05, 4.69) is 0 Å². The van der Waals surface area contributed by atoms with Crippen molar-refractivity contribution in [3.8, 4) is 5.75 Å². The van der Waals surface area contributed by atoms with E-state index in [-0.39, 0.29) is 6.61 Å². The van der Waals surface area contributed by atoms with Crippen molar-refractivity contribution >= 4 is 6.08 Å². The van der Waals surface area contributed by atoms with Crippen molar-refractivity contribution in [1.29, 1.82) is 0 Å². The molecule has 0 unspecified atom stereocenters. The molecule has 74 valence electrons. The van der Waals surface area contributed by atoms with Crippen molar-refractivity contribution in [1.82, 2.24) is 0 Å². The molecule has 0 amide bonds. The lowest BCUT2D eigenvalue weighted by Crippen LogP contribution is -1.81. The van der Waals surface area contributed by atoms with E-state index in [1.807, 2.05) is 42.5 Å². The third-order valence-electron chi connectivity index (χ3n) is 1.76. The minimum absolute atomic E-state index is 0.0763. The van der Waals surface area contributed by atoms with Gasteiger partial charge in [0.1, 0.15) is 5.75 Å². The summed E-state index contributed by atoms with van der Waals surface area (Å²) in [5.74, 6) is 0.855. The zero-order valence-corrected chi connectivity index (χ0v) is 8.18. The lowest BCUT2D eigenvalue weighted by molar-refractivity contribution is 0.343. The second kappa shape index (κ2) is 6.00. The molecule has 0 spiro atoms. The molecule has 1 N–H and O–H groups in total. The summed E-state index contributed by atoms with van der Waals surface area (Å²) in [6.07, 6.45) is 7.34. The maximum absolute atomic E-state index is 8.49. The van der Waals surface area contributed by atoms with E-state index >= 15 is 0 Å². The van der Waals surface area contributed by atoms with E-state index in [4.69, 9.17) is 9.84 Å². The maximum atomic E-state index is 8.49. The predicted octanol–water partition coefficient (Wildman–Crippen LogP) is 2.26. The standard InChI is InChI=1S/C12H14O2/c1-14-12-8-6-11(7-9-12)5-3-2-4-10-13/h2-9,13H,10H2,1H3/b4-2+,5-3+. The van der Waals surface area contributed by atoms with Crippen LogP contribution in [0.1, 0.15) is 5.56 Å². The number of aliphatic hydroxyl groups is 1. The van der Waals surface area contributed by atoms with Gasteiger partial charge in [0.25, 0.3) is 0 Å². The molecular weight excluding hydrogens is 176 g/mol. The van der Waals surface area contributed by atoms with Gasteiger partial charge < -0.3 is 9.84 Å². The second-order valence-electron chi connectivity index (χ2n) is 2.74. The van der Waals surface area contributed by atoms with Crippen LogP contribution >= 0.6 is 0 Å². The van der Waals surface area contributed by atoms with Gasteiger partial charge in [-0.15, -0.1) is 0 Å². The zero-order valence-electron chi connectivity index (χ0n) is 8.18. The van der Waals surface area contributed by atoms with E-state index in [0.717, 1.165) is 11.3 Å². The molecule has 1 aromatic carbocycles. The van der Waals surface area contributed by atoms with Gasteiger partial charge in [0.05, 0.1) is 13.7 Å². The average Bonchev–Trinajstić information content (AvgIpc) is 2.25. The van der Waals surface area contributed by atoms with E-state index in [1.165, 1.54) is 0 Å². The van der Waals surface area contributed by atoms with Crippen LogP contribution in [-0.4, -0.2) is 18.8 Å². The van der Waals surface area contributed by atoms with Crippen molar-refractivity contribution in [2.75, 3.05) is 13.7 Å². The topological polar surface area (TPSA) is 29.5 Å². The quantitative estimate of drug-likeness (QED) is 0.738. The number of hydrogen-bond acceptors (Lipinski definition) is 2. The fraction of sp³-hybridized carbons (Fsp3) is 0.167. The Hall–Kier alpha value is -1.54. The minimum Gasteiger partial charge on any atom is -0.497 e. The summed E-state index contributed by atoms with van der Waals surface area (Å²) in [7, 11) is 1.65. The van der Waals surface area contributed by atoms with Gasteiger partial charge in [-0.3, -0.25) is 0 Å². The number of allylic oxidation sites excluding steroid dienone is 2. The van der Waals surface area contributed by atoms with E-state index in [1.54, 1.807) is 13.2 Å². The molecular formula is C12H14O2. The number of benzene rings is 1. The highest BCUT2D eigenvalue weighted by Crippen LogP contribution is 2.12. The highest BCUT2D eigenvalue weighted by Gasteiger charge is 1.88. The summed E-state index contributed by atoms with van der Waals surface area (Å²) in [6, 6.07) is 7.77. The summed E-state index contributed by atoms with van der Waals surface area (Å²) in [4.78, 5) is 0. The van der Waals surface area contributed by atoms with Gasteiger partial charge in [-0.1, -0.05) is 36.4 Å². The third kappa shape index (κ3) is 3.46. The molecule has 0 atom stereocenters. The fourth-order valence-electron chi connectivity index (χ4n) is 1.02. The Morgan fingerprint density at radius 3 is 2.50 bits per heavy atom. The monoisotopic (exact) mass is 190 g/mol. The Morgan fingerprint density at radius 2 is 1.93 bits per heavy atom. The zero-order chi connectivity index (χ0) is 10.2. The van der Waals surface area contributed by atoms with Crippen LogP contribution in [0.5, 0.6) is 5.75 Å². The van der Waals surface area contributed by atoms with Crippen molar-refractivity contribution in [2.45, 2.75) is 0 Å². The van der Waals surface area contributed by atoms with Crippen LogP contribution < -0.4 is 4.74 Å². The van der Waals surface area contributed by atoms with Gasteiger partial charge >= 0.3 is 0 Å². The SMILES string of the molecule is COc1ccc(/C=C/C=C/CO)cc1. The Balaban J connectivity index is 2.59. The lowest BCUT2D eigenvalue weighted by Gasteiger charge is -1.98.